The number of fused-ring (bicyclic) bond motifs is 1. The lowest BCUT2D eigenvalue weighted by atomic mass is 10.1. The van der Waals surface area contributed by atoms with Crippen molar-refractivity contribution in [1.29, 1.82) is 0 Å². The number of aliphatic carboxylic acids is 1. The fourth-order valence-corrected chi connectivity index (χ4v) is 3.61. The molecule has 3 atom stereocenters. The van der Waals surface area contributed by atoms with Crippen LogP contribution in [0.2, 0.25) is 0 Å². The molecule has 0 radical (unpaired) electrons. The van der Waals surface area contributed by atoms with Crippen LogP contribution >= 0.6 is 0 Å². The van der Waals surface area contributed by atoms with Crippen LogP contribution in [0.15, 0.2) is 0 Å². The number of amides is 1. The smallest absolute Gasteiger partial charge is 0.307 e. The number of rotatable bonds is 4. The molecule has 1 aliphatic carbocycles. The van der Waals surface area contributed by atoms with Gasteiger partial charge >= 0.3 is 5.97 Å². The molecule has 0 saturated heterocycles. The predicted octanol–water partition coefficient (Wildman–Crippen LogP) is 1.15. The van der Waals surface area contributed by atoms with Gasteiger partial charge in [-0.15, -0.1) is 10.2 Å². The van der Waals surface area contributed by atoms with E-state index in [1.807, 2.05) is 20.8 Å². The Morgan fingerprint density at radius 2 is 2.05 bits per heavy atom. The van der Waals surface area contributed by atoms with Gasteiger partial charge in [-0.1, -0.05) is 13.8 Å². The van der Waals surface area contributed by atoms with Crippen molar-refractivity contribution in [2.45, 2.75) is 52.6 Å². The van der Waals surface area contributed by atoms with E-state index < -0.39 is 23.2 Å². The largest absolute Gasteiger partial charge is 0.481 e. The third-order valence-corrected chi connectivity index (χ3v) is 5.01. The molecule has 0 spiro atoms. The zero-order valence-electron chi connectivity index (χ0n) is 13.2. The normalized spacial score (nSPS) is 26.9. The Labute approximate surface area is 129 Å². The maximum Gasteiger partial charge on any atom is 0.307 e. The van der Waals surface area contributed by atoms with Gasteiger partial charge in [0.2, 0.25) is 5.91 Å². The van der Waals surface area contributed by atoms with Gasteiger partial charge in [-0.2, -0.15) is 0 Å². The minimum absolute atomic E-state index is 0.210. The van der Waals surface area contributed by atoms with Crippen molar-refractivity contribution in [1.82, 2.24) is 20.1 Å². The lowest BCUT2D eigenvalue weighted by molar-refractivity contribution is -0.140. The molecule has 1 fully saturated rings. The number of carbonyl (C=O) groups is 2. The maximum absolute atomic E-state index is 12.4. The van der Waals surface area contributed by atoms with Crippen LogP contribution in [0.3, 0.4) is 0 Å². The van der Waals surface area contributed by atoms with Crippen LogP contribution < -0.4 is 5.32 Å². The van der Waals surface area contributed by atoms with Crippen molar-refractivity contribution in [2.24, 2.45) is 17.3 Å². The van der Waals surface area contributed by atoms with E-state index in [9.17, 15) is 14.7 Å². The van der Waals surface area contributed by atoms with Gasteiger partial charge in [-0.25, -0.2) is 0 Å². The summed E-state index contributed by atoms with van der Waals surface area (Å²) in [7, 11) is 0. The van der Waals surface area contributed by atoms with Crippen molar-refractivity contribution in [3.05, 3.63) is 11.6 Å². The molecule has 1 unspecified atom stereocenters. The van der Waals surface area contributed by atoms with Crippen molar-refractivity contribution in [3.8, 4) is 0 Å². The van der Waals surface area contributed by atoms with Gasteiger partial charge in [0.25, 0.3) is 0 Å². The lowest BCUT2D eigenvalue weighted by Gasteiger charge is -2.19. The number of nitrogens with one attached hydrogen (secondary N) is 1. The molecule has 3 rings (SSSR count). The van der Waals surface area contributed by atoms with E-state index in [-0.39, 0.29) is 11.9 Å². The number of aromatic nitrogens is 3. The van der Waals surface area contributed by atoms with E-state index in [0.29, 0.717) is 0 Å². The van der Waals surface area contributed by atoms with E-state index in [1.54, 1.807) is 0 Å². The van der Waals surface area contributed by atoms with Crippen LogP contribution in [-0.2, 0) is 22.6 Å². The first kappa shape index (κ1) is 15.0. The lowest BCUT2D eigenvalue weighted by Crippen LogP contribution is -2.32. The molecule has 1 amide bonds. The Hall–Kier alpha value is -1.92. The molecule has 0 bridgehead atoms. The summed E-state index contributed by atoms with van der Waals surface area (Å²) < 4.78 is 2.07. The van der Waals surface area contributed by atoms with Gasteiger partial charge < -0.3 is 15.0 Å². The van der Waals surface area contributed by atoms with Crippen LogP contribution in [-0.4, -0.2) is 31.7 Å². The zero-order chi connectivity index (χ0) is 16.1. The Balaban J connectivity index is 1.70. The van der Waals surface area contributed by atoms with Gasteiger partial charge in [0.05, 0.1) is 17.9 Å². The summed E-state index contributed by atoms with van der Waals surface area (Å²) >= 11 is 0. The molecule has 2 heterocycles. The summed E-state index contributed by atoms with van der Waals surface area (Å²) in [5.74, 6) is -0.468. The molecule has 0 aromatic carbocycles. The van der Waals surface area contributed by atoms with Crippen LogP contribution in [0.4, 0.5) is 0 Å². The number of carboxylic acids is 1. The molecule has 2 aliphatic rings. The highest BCUT2D eigenvalue weighted by Crippen LogP contribution is 2.58. The molecule has 1 aliphatic heterocycles. The second kappa shape index (κ2) is 5.07. The molecular weight excluding hydrogens is 284 g/mol. The van der Waals surface area contributed by atoms with Crippen LogP contribution in [0, 0.1) is 17.3 Å². The van der Waals surface area contributed by atoms with Crippen LogP contribution in [0.5, 0.6) is 0 Å². The van der Waals surface area contributed by atoms with E-state index in [4.69, 9.17) is 0 Å². The predicted molar refractivity (Wildman–Crippen MR) is 77.9 cm³/mol. The van der Waals surface area contributed by atoms with Gasteiger partial charge in [0.15, 0.2) is 5.82 Å². The molecular formula is C15H22N4O3. The molecule has 2 N–H and O–H groups in total. The fourth-order valence-electron chi connectivity index (χ4n) is 3.61. The monoisotopic (exact) mass is 306 g/mol. The van der Waals surface area contributed by atoms with Crippen LogP contribution in [0.25, 0.3) is 0 Å². The zero-order valence-corrected chi connectivity index (χ0v) is 13.2. The number of hydrogen-bond donors (Lipinski definition) is 2. The number of nitrogens with zero attached hydrogens (tertiary/aromatic N) is 3. The first-order valence-electron chi connectivity index (χ1n) is 7.79. The maximum atomic E-state index is 12.4. The quantitative estimate of drug-likeness (QED) is 0.869. The second-order valence-electron chi connectivity index (χ2n) is 6.93. The summed E-state index contributed by atoms with van der Waals surface area (Å²) in [6.45, 7) is 6.39. The Morgan fingerprint density at radius 3 is 2.68 bits per heavy atom. The van der Waals surface area contributed by atoms with Gasteiger partial charge in [-0.3, -0.25) is 9.59 Å². The average molecular weight is 306 g/mol. The fraction of sp³-hybridized carbons (Fsp3) is 0.733. The molecule has 1 aromatic heterocycles. The minimum Gasteiger partial charge on any atom is -0.481 e. The standard InChI is InChI=1S/C15H22N4O3/c1-8(12-18-17-9-6-4-5-7-19(9)12)16-13(20)10-11(14(21)22)15(10,2)3/h8,10-11H,4-7H2,1-3H3,(H,16,20)(H,21,22)/t8?,10-,11+/m0/s1. The van der Waals surface area contributed by atoms with Crippen molar-refractivity contribution >= 4 is 11.9 Å². The first-order chi connectivity index (χ1) is 10.3. The van der Waals surface area contributed by atoms with E-state index in [2.05, 4.69) is 20.1 Å². The summed E-state index contributed by atoms with van der Waals surface area (Å²) in [5, 5.41) is 20.5. The first-order valence-corrected chi connectivity index (χ1v) is 7.79. The third-order valence-electron chi connectivity index (χ3n) is 5.01. The van der Waals surface area contributed by atoms with E-state index >= 15 is 0 Å². The summed E-state index contributed by atoms with van der Waals surface area (Å²) in [5.41, 5.74) is -0.486. The Kier molecular flexibility index (Phi) is 3.45. The van der Waals surface area contributed by atoms with Crippen LogP contribution in [0.1, 0.15) is 51.3 Å². The highest BCUT2D eigenvalue weighted by atomic mass is 16.4. The number of carboxylic acid groups (broad SMARTS) is 1. The molecule has 1 saturated carbocycles. The molecule has 22 heavy (non-hydrogen) atoms. The minimum atomic E-state index is -0.905. The summed E-state index contributed by atoms with van der Waals surface area (Å²) in [6.07, 6.45) is 3.13. The SMILES string of the molecule is CC(NC(=O)[C@@H]1[C@H](C(=O)O)C1(C)C)c1nnc2n1CCCC2. The van der Waals surface area contributed by atoms with Crippen molar-refractivity contribution < 1.29 is 14.7 Å². The molecule has 1 aromatic rings. The topological polar surface area (TPSA) is 97.1 Å². The number of carbonyl (C=O) groups excluding carboxylic acids is 1. The van der Waals surface area contributed by atoms with Crippen molar-refractivity contribution in [3.63, 3.8) is 0 Å². The summed E-state index contributed by atoms with van der Waals surface area (Å²) in [4.78, 5) is 23.6. The Bertz CT molecular complexity index is 622. The van der Waals surface area contributed by atoms with Gasteiger partial charge in [0.1, 0.15) is 5.82 Å². The van der Waals surface area contributed by atoms with Gasteiger partial charge in [0, 0.05) is 13.0 Å². The van der Waals surface area contributed by atoms with Crippen molar-refractivity contribution in [2.75, 3.05) is 0 Å². The average Bonchev–Trinajstić information content (AvgIpc) is 2.83. The molecule has 7 heteroatoms. The highest BCUT2D eigenvalue weighted by Gasteiger charge is 2.66. The molecule has 120 valence electrons. The second-order valence-corrected chi connectivity index (χ2v) is 6.93. The summed E-state index contributed by atoms with van der Waals surface area (Å²) in [6, 6.07) is -0.266. The van der Waals surface area contributed by atoms with E-state index in [1.165, 1.54) is 0 Å². The highest BCUT2D eigenvalue weighted by molar-refractivity contribution is 5.91. The number of aryl methyl sites for hydroxylation is 1. The Morgan fingerprint density at radius 1 is 1.32 bits per heavy atom. The number of hydrogen-bond acceptors (Lipinski definition) is 4. The van der Waals surface area contributed by atoms with Gasteiger partial charge in [-0.05, 0) is 25.2 Å². The van der Waals surface area contributed by atoms with E-state index in [0.717, 1.165) is 37.5 Å². The third kappa shape index (κ3) is 2.28. The molecule has 7 nitrogen and oxygen atoms in total.